The summed E-state index contributed by atoms with van der Waals surface area (Å²) < 4.78 is 7.41. The highest BCUT2D eigenvalue weighted by Gasteiger charge is 2.13. The molecule has 3 aromatic heterocycles. The Bertz CT molecular complexity index is 1170. The van der Waals surface area contributed by atoms with Crippen molar-refractivity contribution in [3.63, 3.8) is 0 Å². The number of hydrogen-bond acceptors (Lipinski definition) is 6. The average molecular weight is 520 g/mol. The van der Waals surface area contributed by atoms with E-state index in [0.717, 1.165) is 80.3 Å². The number of anilines is 1. The molecule has 0 aromatic carbocycles. The van der Waals surface area contributed by atoms with Crippen LogP contribution in [0, 0.1) is 5.92 Å². The molecule has 0 spiro atoms. The van der Waals surface area contributed by atoms with E-state index in [1.54, 1.807) is 6.07 Å². The molecule has 1 aliphatic heterocycles. The lowest BCUT2D eigenvalue weighted by Gasteiger charge is -2.26. The quantitative estimate of drug-likeness (QED) is 0.343. The zero-order valence-corrected chi connectivity index (χ0v) is 22.4. The number of urea groups is 1. The summed E-state index contributed by atoms with van der Waals surface area (Å²) in [6.45, 7) is 6.31. The highest BCUT2D eigenvalue weighted by molar-refractivity contribution is 5.90. The highest BCUT2D eigenvalue weighted by Crippen LogP contribution is 2.27. The van der Waals surface area contributed by atoms with Crippen LogP contribution in [0.15, 0.2) is 36.8 Å². The summed E-state index contributed by atoms with van der Waals surface area (Å²) in [6.07, 6.45) is 17.3. The van der Waals surface area contributed by atoms with Crippen LogP contribution in [-0.4, -0.2) is 70.1 Å². The van der Waals surface area contributed by atoms with Crippen molar-refractivity contribution < 1.29 is 9.53 Å². The Morgan fingerprint density at radius 1 is 0.974 bits per heavy atom. The second kappa shape index (κ2) is 13.7. The molecule has 1 aliphatic carbocycles. The fourth-order valence-electron chi connectivity index (χ4n) is 5.55. The number of aryl methyl sites for hydroxylation is 1. The number of pyridine rings is 2. The van der Waals surface area contributed by atoms with E-state index in [1.807, 2.05) is 29.2 Å². The van der Waals surface area contributed by atoms with Gasteiger partial charge in [-0.15, -0.1) is 0 Å². The fourth-order valence-corrected chi connectivity index (χ4v) is 5.55. The Labute approximate surface area is 225 Å². The van der Waals surface area contributed by atoms with E-state index in [9.17, 15) is 4.79 Å². The molecule has 38 heavy (non-hydrogen) atoms. The van der Waals surface area contributed by atoms with Gasteiger partial charge in [-0.1, -0.05) is 44.9 Å². The average Bonchev–Trinajstić information content (AvgIpc) is 3.43. The summed E-state index contributed by atoms with van der Waals surface area (Å²) in [5.74, 6) is 1.42. The van der Waals surface area contributed by atoms with Gasteiger partial charge in [-0.25, -0.2) is 9.78 Å². The van der Waals surface area contributed by atoms with Crippen LogP contribution in [0.5, 0.6) is 0 Å². The molecule has 2 aliphatic rings. The molecule has 0 bridgehead atoms. The Kier molecular flexibility index (Phi) is 9.55. The lowest BCUT2D eigenvalue weighted by Crippen LogP contribution is -2.37. The number of unbranched alkanes of at least 4 members (excludes halogenated alkanes) is 1. The molecule has 0 unspecified atom stereocenters. The van der Waals surface area contributed by atoms with E-state index in [0.29, 0.717) is 12.4 Å². The number of amides is 2. The van der Waals surface area contributed by atoms with Crippen LogP contribution in [0.2, 0.25) is 0 Å². The lowest BCUT2D eigenvalue weighted by atomic mass is 9.86. The fraction of sp³-hybridized carbons (Fsp3) is 0.586. The normalized spacial score (nSPS) is 17.1. The molecule has 9 heteroatoms. The number of carbonyl (C=O) groups excluding carboxylic acids is 1. The SMILES string of the molecule is O=C(NCCCCC1CCCCC1)Nc1ccc2ncc(-c3cnn(CCCN4CCOCC4)c3)cc2n1. The summed E-state index contributed by atoms with van der Waals surface area (Å²) in [7, 11) is 0. The number of carbonyl (C=O) groups is 1. The van der Waals surface area contributed by atoms with Crippen molar-refractivity contribution in [2.45, 2.75) is 64.3 Å². The molecule has 3 aromatic rings. The zero-order chi connectivity index (χ0) is 26.0. The van der Waals surface area contributed by atoms with Crippen molar-refractivity contribution in [1.82, 2.24) is 30.0 Å². The monoisotopic (exact) mass is 519 g/mol. The topological polar surface area (TPSA) is 97.2 Å². The van der Waals surface area contributed by atoms with Crippen molar-refractivity contribution in [2.75, 3.05) is 44.7 Å². The Morgan fingerprint density at radius 3 is 2.71 bits per heavy atom. The minimum Gasteiger partial charge on any atom is -0.379 e. The standard InChI is InChI=1S/C29H41N7O2/c37-29(30-12-5-4-9-23-7-2-1-3-8-23)34-28-11-10-26-27(33-28)19-24(20-31-26)25-21-32-36(22-25)14-6-13-35-15-17-38-18-16-35/h10-11,19-23H,1-9,12-18H2,(H2,30,33,34,37). The number of nitrogens with zero attached hydrogens (tertiary/aromatic N) is 5. The number of nitrogens with one attached hydrogen (secondary N) is 2. The van der Waals surface area contributed by atoms with Gasteiger partial charge in [0.05, 0.1) is 30.4 Å². The number of fused-ring (bicyclic) bond motifs is 1. The molecule has 2 fully saturated rings. The van der Waals surface area contributed by atoms with Crippen LogP contribution in [-0.2, 0) is 11.3 Å². The van der Waals surface area contributed by atoms with Crippen LogP contribution >= 0.6 is 0 Å². The van der Waals surface area contributed by atoms with E-state index in [1.165, 1.54) is 44.9 Å². The Morgan fingerprint density at radius 2 is 1.84 bits per heavy atom. The van der Waals surface area contributed by atoms with Gasteiger partial charge in [0.25, 0.3) is 0 Å². The van der Waals surface area contributed by atoms with Gasteiger partial charge >= 0.3 is 6.03 Å². The minimum atomic E-state index is -0.211. The molecule has 0 radical (unpaired) electrons. The van der Waals surface area contributed by atoms with Crippen LogP contribution in [0.3, 0.4) is 0 Å². The third-order valence-corrected chi connectivity index (χ3v) is 7.76. The maximum absolute atomic E-state index is 12.4. The number of rotatable bonds is 11. The smallest absolute Gasteiger partial charge is 0.320 e. The van der Waals surface area contributed by atoms with Crippen LogP contribution in [0.25, 0.3) is 22.2 Å². The molecule has 204 valence electrons. The molecule has 9 nitrogen and oxygen atoms in total. The van der Waals surface area contributed by atoms with Gasteiger partial charge in [0.15, 0.2) is 0 Å². The Balaban J connectivity index is 1.09. The predicted octanol–water partition coefficient (Wildman–Crippen LogP) is 5.09. The van der Waals surface area contributed by atoms with Gasteiger partial charge in [-0.05, 0) is 37.0 Å². The summed E-state index contributed by atoms with van der Waals surface area (Å²) in [6, 6.07) is 5.48. The number of hydrogen-bond donors (Lipinski definition) is 2. The number of ether oxygens (including phenoxy) is 1. The maximum atomic E-state index is 12.4. The summed E-state index contributed by atoms with van der Waals surface area (Å²) >= 11 is 0. The van der Waals surface area contributed by atoms with Crippen molar-refractivity contribution >= 4 is 22.9 Å². The number of aromatic nitrogens is 4. The summed E-state index contributed by atoms with van der Waals surface area (Å²) in [5.41, 5.74) is 3.51. The van der Waals surface area contributed by atoms with E-state index in [4.69, 9.17) is 4.74 Å². The molecule has 4 heterocycles. The minimum absolute atomic E-state index is 0.211. The van der Waals surface area contributed by atoms with E-state index in [2.05, 4.69) is 36.8 Å². The largest absolute Gasteiger partial charge is 0.379 e. The van der Waals surface area contributed by atoms with E-state index >= 15 is 0 Å². The Hall–Kier alpha value is -3.04. The van der Waals surface area contributed by atoms with Gasteiger partial charge in [-0.2, -0.15) is 5.10 Å². The van der Waals surface area contributed by atoms with E-state index in [-0.39, 0.29) is 6.03 Å². The van der Waals surface area contributed by atoms with Gasteiger partial charge < -0.3 is 10.1 Å². The molecule has 5 rings (SSSR count). The summed E-state index contributed by atoms with van der Waals surface area (Å²) in [5, 5.41) is 10.4. The predicted molar refractivity (Wildman–Crippen MR) is 150 cm³/mol. The zero-order valence-electron chi connectivity index (χ0n) is 22.4. The van der Waals surface area contributed by atoms with Crippen LogP contribution in [0.4, 0.5) is 10.6 Å². The lowest BCUT2D eigenvalue weighted by molar-refractivity contribution is 0.0368. The molecule has 1 saturated carbocycles. The number of morpholine rings is 1. The molecule has 2 N–H and O–H groups in total. The third kappa shape index (κ3) is 7.74. The van der Waals surface area contributed by atoms with Crippen molar-refractivity contribution in [2.24, 2.45) is 5.92 Å². The highest BCUT2D eigenvalue weighted by atomic mass is 16.5. The third-order valence-electron chi connectivity index (χ3n) is 7.76. The van der Waals surface area contributed by atoms with Crippen LogP contribution in [0.1, 0.15) is 57.8 Å². The van der Waals surface area contributed by atoms with Gasteiger partial charge in [-0.3, -0.25) is 19.9 Å². The first-order valence-electron chi connectivity index (χ1n) is 14.4. The second-order valence-electron chi connectivity index (χ2n) is 10.6. The first-order valence-corrected chi connectivity index (χ1v) is 14.4. The van der Waals surface area contributed by atoms with Gasteiger partial charge in [0.2, 0.25) is 0 Å². The second-order valence-corrected chi connectivity index (χ2v) is 10.6. The molecular formula is C29H41N7O2. The first kappa shape index (κ1) is 26.6. The molecule has 0 atom stereocenters. The molecule has 1 saturated heterocycles. The van der Waals surface area contributed by atoms with Crippen molar-refractivity contribution in [3.8, 4) is 11.1 Å². The van der Waals surface area contributed by atoms with Crippen molar-refractivity contribution in [3.05, 3.63) is 36.8 Å². The molecule has 2 amide bonds. The van der Waals surface area contributed by atoms with Gasteiger partial charge in [0, 0.05) is 56.2 Å². The van der Waals surface area contributed by atoms with E-state index < -0.39 is 0 Å². The summed E-state index contributed by atoms with van der Waals surface area (Å²) in [4.78, 5) is 24.0. The first-order chi connectivity index (χ1) is 18.7. The molecular weight excluding hydrogens is 478 g/mol. The van der Waals surface area contributed by atoms with Crippen LogP contribution < -0.4 is 10.6 Å². The maximum Gasteiger partial charge on any atom is 0.320 e. The van der Waals surface area contributed by atoms with Gasteiger partial charge in [0.1, 0.15) is 5.82 Å². The van der Waals surface area contributed by atoms with Crippen molar-refractivity contribution in [1.29, 1.82) is 0 Å².